The number of aromatic nitrogens is 4. The molecule has 1 aromatic carbocycles. The number of nitrogens with one attached hydrogen (secondary N) is 3. The molecule has 0 aliphatic carbocycles. The second-order valence-corrected chi connectivity index (χ2v) is 8.13. The van der Waals surface area contributed by atoms with Crippen molar-refractivity contribution in [2.45, 2.75) is 47.0 Å². The third-order valence-corrected chi connectivity index (χ3v) is 4.58. The number of urea groups is 1. The highest BCUT2D eigenvalue weighted by atomic mass is 16.2. The fourth-order valence-electron chi connectivity index (χ4n) is 2.73. The summed E-state index contributed by atoms with van der Waals surface area (Å²) in [6, 6.07) is 8.88. The van der Waals surface area contributed by atoms with Gasteiger partial charge in [-0.3, -0.25) is 15.1 Å². The van der Waals surface area contributed by atoms with E-state index in [4.69, 9.17) is 0 Å². The maximum atomic E-state index is 12.6. The molecule has 0 bridgehead atoms. The minimum absolute atomic E-state index is 0.240. The van der Waals surface area contributed by atoms with Crippen LogP contribution in [-0.2, 0) is 5.41 Å². The lowest BCUT2D eigenvalue weighted by atomic mass is 9.92. The van der Waals surface area contributed by atoms with Gasteiger partial charge in [0.05, 0.1) is 5.69 Å². The lowest BCUT2D eigenvalue weighted by Gasteiger charge is -2.14. The molecule has 0 aliphatic rings. The number of hydrogen-bond donors (Lipinski definition) is 3. The predicted octanol–water partition coefficient (Wildman–Crippen LogP) is 3.82. The molecule has 3 N–H and O–H groups in total. The van der Waals surface area contributed by atoms with Gasteiger partial charge in [0.25, 0.3) is 5.56 Å². The van der Waals surface area contributed by atoms with Gasteiger partial charge in [-0.2, -0.15) is 9.78 Å². The van der Waals surface area contributed by atoms with E-state index in [0.717, 1.165) is 11.3 Å². The summed E-state index contributed by atoms with van der Waals surface area (Å²) < 4.78 is 1.45. The standard InChI is InChI=1S/C21H26N6O2/c1-12-8-7-9-15(10-12)23-20(29)24-17-11-16(21(4,5)6)26-27(17)19-22-14(3)13(2)18(28)25-19/h7-11H,1-6H3,(H,22,25,28)(H2,23,24,29). The average molecular weight is 394 g/mol. The minimum atomic E-state index is -0.414. The van der Waals surface area contributed by atoms with Gasteiger partial charge in [0.1, 0.15) is 5.82 Å². The van der Waals surface area contributed by atoms with Crippen LogP contribution < -0.4 is 16.2 Å². The van der Waals surface area contributed by atoms with Crippen molar-refractivity contribution >= 4 is 17.5 Å². The third-order valence-electron chi connectivity index (χ3n) is 4.58. The van der Waals surface area contributed by atoms with Gasteiger partial charge in [0, 0.05) is 28.4 Å². The minimum Gasteiger partial charge on any atom is -0.308 e. The Labute approximate surface area is 169 Å². The quantitative estimate of drug-likeness (QED) is 0.628. The van der Waals surface area contributed by atoms with Crippen molar-refractivity contribution in [3.05, 3.63) is 63.2 Å². The van der Waals surface area contributed by atoms with Crippen LogP contribution in [0.5, 0.6) is 0 Å². The molecule has 8 heteroatoms. The number of benzene rings is 1. The van der Waals surface area contributed by atoms with E-state index in [1.165, 1.54) is 4.68 Å². The Morgan fingerprint density at radius 2 is 1.83 bits per heavy atom. The van der Waals surface area contributed by atoms with E-state index in [9.17, 15) is 9.59 Å². The molecule has 2 heterocycles. The molecular formula is C21H26N6O2. The second-order valence-electron chi connectivity index (χ2n) is 8.13. The Morgan fingerprint density at radius 1 is 1.10 bits per heavy atom. The Hall–Kier alpha value is -3.42. The highest BCUT2D eigenvalue weighted by Crippen LogP contribution is 2.25. The van der Waals surface area contributed by atoms with E-state index < -0.39 is 6.03 Å². The number of carbonyl (C=O) groups is 1. The van der Waals surface area contributed by atoms with Crippen LogP contribution in [0.4, 0.5) is 16.3 Å². The molecule has 0 atom stereocenters. The topological polar surface area (TPSA) is 105 Å². The molecule has 3 aromatic rings. The van der Waals surface area contributed by atoms with Crippen molar-refractivity contribution in [3.63, 3.8) is 0 Å². The molecular weight excluding hydrogens is 368 g/mol. The molecule has 3 rings (SSSR count). The van der Waals surface area contributed by atoms with Crippen molar-refractivity contribution in [3.8, 4) is 5.95 Å². The molecule has 2 amide bonds. The first-order chi connectivity index (χ1) is 13.5. The molecule has 8 nitrogen and oxygen atoms in total. The molecule has 0 radical (unpaired) electrons. The number of nitrogens with zero attached hydrogens (tertiary/aromatic N) is 3. The Morgan fingerprint density at radius 3 is 2.45 bits per heavy atom. The third kappa shape index (κ3) is 4.53. The van der Waals surface area contributed by atoms with Crippen LogP contribution in [0.2, 0.25) is 0 Å². The monoisotopic (exact) mass is 394 g/mol. The number of rotatable bonds is 3. The lowest BCUT2D eigenvalue weighted by Crippen LogP contribution is -2.23. The molecule has 0 saturated carbocycles. The highest BCUT2D eigenvalue weighted by Gasteiger charge is 2.22. The zero-order valence-corrected chi connectivity index (χ0v) is 17.5. The summed E-state index contributed by atoms with van der Waals surface area (Å²) in [5, 5.41) is 10.2. The summed E-state index contributed by atoms with van der Waals surface area (Å²) in [6.45, 7) is 11.5. The number of aromatic amines is 1. The van der Waals surface area contributed by atoms with Crippen LogP contribution in [0.15, 0.2) is 35.1 Å². The van der Waals surface area contributed by atoms with E-state index in [0.29, 0.717) is 22.8 Å². The van der Waals surface area contributed by atoms with Crippen molar-refractivity contribution < 1.29 is 4.79 Å². The van der Waals surface area contributed by atoms with Crippen molar-refractivity contribution in [2.75, 3.05) is 10.6 Å². The number of hydrogen-bond acceptors (Lipinski definition) is 4. The molecule has 0 spiro atoms. The van der Waals surface area contributed by atoms with Crippen molar-refractivity contribution in [1.29, 1.82) is 0 Å². The van der Waals surface area contributed by atoms with Crippen molar-refractivity contribution in [1.82, 2.24) is 19.7 Å². The smallest absolute Gasteiger partial charge is 0.308 e. The summed E-state index contributed by atoms with van der Waals surface area (Å²) in [4.78, 5) is 31.9. The van der Waals surface area contributed by atoms with E-state index in [2.05, 4.69) is 25.7 Å². The van der Waals surface area contributed by atoms with Crippen LogP contribution in [-0.4, -0.2) is 25.8 Å². The highest BCUT2D eigenvalue weighted by molar-refractivity contribution is 5.99. The normalized spacial score (nSPS) is 11.4. The number of H-pyrrole nitrogens is 1. The Kier molecular flexibility index (Phi) is 5.28. The SMILES string of the molecule is Cc1cccc(NC(=O)Nc2cc(C(C)(C)C)nn2-c2nc(C)c(C)c(=O)[nH]2)c1. The molecule has 0 saturated heterocycles. The zero-order chi connectivity index (χ0) is 21.3. The van der Waals surface area contributed by atoms with Gasteiger partial charge in [-0.1, -0.05) is 32.9 Å². The van der Waals surface area contributed by atoms with E-state index >= 15 is 0 Å². The van der Waals surface area contributed by atoms with E-state index in [1.54, 1.807) is 19.9 Å². The fraction of sp³-hybridized carbons (Fsp3) is 0.333. The predicted molar refractivity (Wildman–Crippen MR) is 114 cm³/mol. The van der Waals surface area contributed by atoms with Crippen LogP contribution in [0, 0.1) is 20.8 Å². The summed E-state index contributed by atoms with van der Waals surface area (Å²) in [6.07, 6.45) is 0. The number of anilines is 2. The van der Waals surface area contributed by atoms with Gasteiger partial charge in [0.15, 0.2) is 0 Å². The van der Waals surface area contributed by atoms with Gasteiger partial charge in [0.2, 0.25) is 5.95 Å². The van der Waals surface area contributed by atoms with Gasteiger partial charge >= 0.3 is 6.03 Å². The molecule has 0 fully saturated rings. The molecule has 0 unspecified atom stereocenters. The van der Waals surface area contributed by atoms with Crippen molar-refractivity contribution in [2.24, 2.45) is 0 Å². The average Bonchev–Trinajstić information content (AvgIpc) is 3.03. The number of carbonyl (C=O) groups excluding carboxylic acids is 1. The zero-order valence-electron chi connectivity index (χ0n) is 17.5. The molecule has 152 valence electrons. The second kappa shape index (κ2) is 7.54. The molecule has 2 aromatic heterocycles. The maximum Gasteiger partial charge on any atom is 0.324 e. The summed E-state index contributed by atoms with van der Waals surface area (Å²) in [7, 11) is 0. The van der Waals surface area contributed by atoms with Gasteiger partial charge < -0.3 is 5.32 Å². The Balaban J connectivity index is 1.98. The summed E-state index contributed by atoms with van der Waals surface area (Å²) >= 11 is 0. The van der Waals surface area contributed by atoms with Crippen LogP contribution in [0.25, 0.3) is 5.95 Å². The first kappa shape index (κ1) is 20.3. The molecule has 29 heavy (non-hydrogen) atoms. The molecule has 0 aliphatic heterocycles. The fourth-order valence-corrected chi connectivity index (χ4v) is 2.73. The van der Waals surface area contributed by atoms with Gasteiger partial charge in [-0.25, -0.2) is 9.78 Å². The number of amides is 2. The first-order valence-corrected chi connectivity index (χ1v) is 9.37. The first-order valence-electron chi connectivity index (χ1n) is 9.37. The van der Waals surface area contributed by atoms with Crippen LogP contribution >= 0.6 is 0 Å². The van der Waals surface area contributed by atoms with E-state index in [-0.39, 0.29) is 16.9 Å². The van der Waals surface area contributed by atoms with Gasteiger partial charge in [-0.05, 0) is 38.5 Å². The lowest BCUT2D eigenvalue weighted by molar-refractivity contribution is 0.262. The maximum absolute atomic E-state index is 12.6. The van der Waals surface area contributed by atoms with Crippen LogP contribution in [0.1, 0.15) is 43.3 Å². The van der Waals surface area contributed by atoms with E-state index in [1.807, 2.05) is 52.0 Å². The van der Waals surface area contributed by atoms with Gasteiger partial charge in [-0.15, -0.1) is 0 Å². The van der Waals surface area contributed by atoms with Crippen LogP contribution in [0.3, 0.4) is 0 Å². The summed E-state index contributed by atoms with van der Waals surface area (Å²) in [5.41, 5.74) is 3.13. The number of aryl methyl sites for hydroxylation is 2. The largest absolute Gasteiger partial charge is 0.324 e. The Bertz CT molecular complexity index is 1120. The summed E-state index contributed by atoms with van der Waals surface area (Å²) in [5.74, 6) is 0.658.